The predicted octanol–water partition coefficient (Wildman–Crippen LogP) is 3.45. The summed E-state index contributed by atoms with van der Waals surface area (Å²) in [5, 5.41) is 0.485. The van der Waals surface area contributed by atoms with Gasteiger partial charge in [-0.25, -0.2) is 0 Å². The second kappa shape index (κ2) is 4.40. The first-order valence-electron chi connectivity index (χ1n) is 5.43. The molecular formula is C13H16OS. The highest BCUT2D eigenvalue weighted by molar-refractivity contribution is 8.00. The van der Waals surface area contributed by atoms with Crippen molar-refractivity contribution in [1.82, 2.24) is 0 Å². The van der Waals surface area contributed by atoms with Crippen molar-refractivity contribution in [3.63, 3.8) is 0 Å². The molecule has 0 aromatic heterocycles. The molecule has 0 bridgehead atoms. The van der Waals surface area contributed by atoms with Gasteiger partial charge in [0.2, 0.25) is 0 Å². The number of Topliss-reactive ketones (excluding diaryl/α,β-unsaturated/α-hetero) is 1. The van der Waals surface area contributed by atoms with E-state index in [0.717, 1.165) is 12.8 Å². The predicted molar refractivity (Wildman–Crippen MR) is 64.2 cm³/mol. The molecule has 1 nitrogen and oxygen atoms in total. The second-order valence-electron chi connectivity index (χ2n) is 4.27. The van der Waals surface area contributed by atoms with E-state index in [9.17, 15) is 4.79 Å². The minimum absolute atomic E-state index is 0.232. The molecule has 1 aliphatic rings. The van der Waals surface area contributed by atoms with Gasteiger partial charge in [0.1, 0.15) is 5.78 Å². The molecule has 2 rings (SSSR count). The molecule has 0 N–H and O–H groups in total. The van der Waals surface area contributed by atoms with Crippen LogP contribution in [0.5, 0.6) is 0 Å². The molecular weight excluding hydrogens is 204 g/mol. The van der Waals surface area contributed by atoms with Crippen LogP contribution in [0.4, 0.5) is 0 Å². The van der Waals surface area contributed by atoms with Gasteiger partial charge in [-0.3, -0.25) is 4.79 Å². The van der Waals surface area contributed by atoms with Gasteiger partial charge in [0.15, 0.2) is 0 Å². The van der Waals surface area contributed by atoms with Gasteiger partial charge < -0.3 is 0 Å². The molecule has 0 radical (unpaired) electrons. The van der Waals surface area contributed by atoms with Crippen LogP contribution in [-0.2, 0) is 4.79 Å². The van der Waals surface area contributed by atoms with Crippen molar-refractivity contribution >= 4 is 17.5 Å². The van der Waals surface area contributed by atoms with E-state index in [0.29, 0.717) is 11.0 Å². The Balaban J connectivity index is 2.06. The largest absolute Gasteiger partial charge is 0.299 e. The summed E-state index contributed by atoms with van der Waals surface area (Å²) in [6.07, 6.45) is 1.81. The van der Waals surface area contributed by atoms with Gasteiger partial charge in [0, 0.05) is 22.5 Å². The zero-order valence-electron chi connectivity index (χ0n) is 9.19. The first kappa shape index (κ1) is 10.7. The second-order valence-corrected chi connectivity index (χ2v) is 5.58. The topological polar surface area (TPSA) is 17.1 Å². The minimum Gasteiger partial charge on any atom is -0.299 e. The van der Waals surface area contributed by atoms with Crippen LogP contribution < -0.4 is 0 Å². The Morgan fingerprint density at radius 3 is 2.80 bits per heavy atom. The summed E-state index contributed by atoms with van der Waals surface area (Å²) in [6.45, 7) is 4.16. The summed E-state index contributed by atoms with van der Waals surface area (Å²) in [4.78, 5) is 12.7. The number of carbonyl (C=O) groups excluding carboxylic acids is 1. The first-order chi connectivity index (χ1) is 7.16. The van der Waals surface area contributed by atoms with Crippen LogP contribution in [0.15, 0.2) is 29.2 Å². The molecule has 1 fully saturated rings. The number of hydrogen-bond donors (Lipinski definition) is 0. The molecule has 0 amide bonds. The molecule has 15 heavy (non-hydrogen) atoms. The summed E-state index contributed by atoms with van der Waals surface area (Å²) in [5.74, 6) is 0.663. The fraction of sp³-hybridized carbons (Fsp3) is 0.462. The Labute approximate surface area is 95.3 Å². The molecule has 0 saturated heterocycles. The van der Waals surface area contributed by atoms with Crippen LogP contribution in [-0.4, -0.2) is 11.0 Å². The highest BCUT2D eigenvalue weighted by atomic mass is 32.2. The molecule has 0 aliphatic heterocycles. The van der Waals surface area contributed by atoms with Gasteiger partial charge in [-0.15, -0.1) is 11.8 Å². The van der Waals surface area contributed by atoms with E-state index in [4.69, 9.17) is 0 Å². The van der Waals surface area contributed by atoms with Crippen molar-refractivity contribution in [2.75, 3.05) is 0 Å². The number of ketones is 1. The number of benzene rings is 1. The summed E-state index contributed by atoms with van der Waals surface area (Å²) >= 11 is 1.86. The number of carbonyl (C=O) groups is 1. The highest BCUT2D eigenvalue weighted by Gasteiger charge is 2.31. The van der Waals surface area contributed by atoms with Gasteiger partial charge in [-0.05, 0) is 25.5 Å². The Kier molecular flexibility index (Phi) is 3.15. The van der Waals surface area contributed by atoms with Crippen LogP contribution in [0, 0.1) is 12.8 Å². The Morgan fingerprint density at radius 1 is 1.40 bits per heavy atom. The first-order valence-corrected chi connectivity index (χ1v) is 6.31. The fourth-order valence-corrected chi connectivity index (χ4v) is 3.35. The van der Waals surface area contributed by atoms with Crippen molar-refractivity contribution in [2.24, 2.45) is 5.92 Å². The van der Waals surface area contributed by atoms with Crippen LogP contribution in [0.2, 0.25) is 0 Å². The zero-order valence-corrected chi connectivity index (χ0v) is 10.0. The lowest BCUT2D eigenvalue weighted by Gasteiger charge is -2.13. The molecule has 2 atom stereocenters. The molecule has 1 aromatic rings. The maximum absolute atomic E-state index is 11.4. The summed E-state index contributed by atoms with van der Waals surface area (Å²) in [7, 11) is 0. The number of rotatable bonds is 2. The Bertz CT molecular complexity index is 373. The number of aryl methyl sites for hydroxylation is 1. The Hall–Kier alpha value is -0.760. The molecule has 1 saturated carbocycles. The third kappa shape index (κ3) is 2.43. The van der Waals surface area contributed by atoms with Crippen LogP contribution in [0.1, 0.15) is 25.3 Å². The van der Waals surface area contributed by atoms with E-state index in [1.54, 1.807) is 0 Å². The number of thioether (sulfide) groups is 1. The van der Waals surface area contributed by atoms with Crippen molar-refractivity contribution in [3.8, 4) is 0 Å². The maximum Gasteiger partial charge on any atom is 0.136 e. The van der Waals surface area contributed by atoms with Gasteiger partial charge in [-0.2, -0.15) is 0 Å². The Morgan fingerprint density at radius 2 is 2.20 bits per heavy atom. The van der Waals surface area contributed by atoms with Crippen molar-refractivity contribution in [3.05, 3.63) is 29.8 Å². The minimum atomic E-state index is 0.232. The summed E-state index contributed by atoms with van der Waals surface area (Å²) in [5.41, 5.74) is 1.29. The lowest BCUT2D eigenvalue weighted by Crippen LogP contribution is -2.11. The maximum atomic E-state index is 11.4. The van der Waals surface area contributed by atoms with Crippen LogP contribution >= 0.6 is 11.8 Å². The van der Waals surface area contributed by atoms with Gasteiger partial charge in [0.25, 0.3) is 0 Å². The van der Waals surface area contributed by atoms with Crippen LogP contribution in [0.3, 0.4) is 0 Å². The van der Waals surface area contributed by atoms with Crippen molar-refractivity contribution in [1.29, 1.82) is 0 Å². The van der Waals surface area contributed by atoms with E-state index < -0.39 is 0 Å². The lowest BCUT2D eigenvalue weighted by molar-refractivity contribution is -0.120. The van der Waals surface area contributed by atoms with Gasteiger partial charge in [-0.1, -0.05) is 24.6 Å². The third-order valence-corrected chi connectivity index (χ3v) is 4.49. The van der Waals surface area contributed by atoms with E-state index in [1.165, 1.54) is 10.5 Å². The molecule has 2 heteroatoms. The third-order valence-electron chi connectivity index (χ3n) is 3.02. The lowest BCUT2D eigenvalue weighted by atomic mass is 10.1. The highest BCUT2D eigenvalue weighted by Crippen LogP contribution is 2.36. The molecule has 0 heterocycles. The van der Waals surface area contributed by atoms with E-state index in [-0.39, 0.29) is 5.92 Å². The summed E-state index contributed by atoms with van der Waals surface area (Å²) < 4.78 is 0. The average Bonchev–Trinajstić information content (AvgIpc) is 2.50. The van der Waals surface area contributed by atoms with E-state index in [1.807, 2.05) is 11.8 Å². The SMILES string of the molecule is Cc1cccc(SC2CCC(=O)C2C)c1. The molecule has 1 aromatic carbocycles. The van der Waals surface area contributed by atoms with E-state index in [2.05, 4.69) is 38.1 Å². The van der Waals surface area contributed by atoms with Gasteiger partial charge >= 0.3 is 0 Å². The molecule has 0 spiro atoms. The quantitative estimate of drug-likeness (QED) is 0.759. The normalized spacial score (nSPS) is 25.9. The fourth-order valence-electron chi connectivity index (χ4n) is 1.99. The number of hydrogen-bond acceptors (Lipinski definition) is 2. The van der Waals surface area contributed by atoms with Gasteiger partial charge in [0.05, 0.1) is 0 Å². The monoisotopic (exact) mass is 220 g/mol. The van der Waals surface area contributed by atoms with Crippen LogP contribution in [0.25, 0.3) is 0 Å². The van der Waals surface area contributed by atoms with E-state index >= 15 is 0 Å². The smallest absolute Gasteiger partial charge is 0.136 e. The summed E-state index contributed by atoms with van der Waals surface area (Å²) in [6, 6.07) is 8.51. The average molecular weight is 220 g/mol. The molecule has 80 valence electrons. The van der Waals surface area contributed by atoms with Crippen molar-refractivity contribution in [2.45, 2.75) is 36.8 Å². The zero-order chi connectivity index (χ0) is 10.8. The standard InChI is InChI=1S/C13H16OS/c1-9-4-3-5-11(8-9)15-13-7-6-12(14)10(13)2/h3-5,8,10,13H,6-7H2,1-2H3. The van der Waals surface area contributed by atoms with Crippen molar-refractivity contribution < 1.29 is 4.79 Å². The molecule has 1 aliphatic carbocycles. The molecule has 2 unspecified atom stereocenters.